The molecule has 0 bridgehead atoms. The van der Waals surface area contributed by atoms with Crippen LogP contribution >= 0.6 is 0 Å². The van der Waals surface area contributed by atoms with Crippen molar-refractivity contribution in [3.05, 3.63) is 53.8 Å². The van der Waals surface area contributed by atoms with Crippen LogP contribution in [0, 0.1) is 0 Å². The molecule has 0 saturated heterocycles. The molecule has 19 heavy (non-hydrogen) atoms. The molecule has 1 aromatic carbocycles. The molecule has 0 amide bonds. The van der Waals surface area contributed by atoms with E-state index in [1.54, 1.807) is 0 Å². The summed E-state index contributed by atoms with van der Waals surface area (Å²) in [6.45, 7) is 5.81. The van der Waals surface area contributed by atoms with Crippen LogP contribution in [-0.4, -0.2) is 13.3 Å². The summed E-state index contributed by atoms with van der Waals surface area (Å²) in [5, 5.41) is 0. The fourth-order valence-electron chi connectivity index (χ4n) is 1.79. The Kier molecular flexibility index (Phi) is 6.48. The zero-order valence-electron chi connectivity index (χ0n) is 11.5. The van der Waals surface area contributed by atoms with Gasteiger partial charge in [-0.05, 0) is 18.4 Å². The Morgan fingerprint density at radius 3 is 2.58 bits per heavy atom. The smallest absolute Gasteiger partial charge is 0.438 e. The minimum Gasteiger partial charge on any atom is -0.438 e. The molecule has 1 atom stereocenters. The van der Waals surface area contributed by atoms with Gasteiger partial charge < -0.3 is 9.47 Å². The number of methoxy groups -OCH3 is 1. The van der Waals surface area contributed by atoms with Gasteiger partial charge in [0.15, 0.2) is 6.10 Å². The van der Waals surface area contributed by atoms with E-state index < -0.39 is 12.3 Å². The predicted octanol–water partition coefficient (Wildman–Crippen LogP) is 4.41. The van der Waals surface area contributed by atoms with Crippen molar-refractivity contribution < 1.29 is 14.3 Å². The molecule has 0 aliphatic heterocycles. The molecule has 1 unspecified atom stereocenters. The third-order valence-electron chi connectivity index (χ3n) is 2.83. The molecule has 0 heterocycles. The predicted molar refractivity (Wildman–Crippen MR) is 74.9 cm³/mol. The fourth-order valence-corrected chi connectivity index (χ4v) is 1.79. The number of rotatable bonds is 6. The Labute approximate surface area is 114 Å². The molecule has 0 spiro atoms. The van der Waals surface area contributed by atoms with Crippen molar-refractivity contribution in [1.29, 1.82) is 0 Å². The number of carbonyl (C=O) groups is 1. The van der Waals surface area contributed by atoms with Gasteiger partial charge >= 0.3 is 6.16 Å². The molecule has 0 aliphatic carbocycles. The number of hydrogen-bond acceptors (Lipinski definition) is 3. The third kappa shape index (κ3) is 4.65. The number of carbonyl (C=O) groups excluding carboxylic acids is 1. The van der Waals surface area contributed by atoms with Crippen molar-refractivity contribution in [1.82, 2.24) is 0 Å². The molecule has 1 aromatic rings. The van der Waals surface area contributed by atoms with Crippen LogP contribution in [-0.2, 0) is 9.47 Å². The zero-order valence-corrected chi connectivity index (χ0v) is 11.5. The van der Waals surface area contributed by atoms with E-state index >= 15 is 0 Å². The van der Waals surface area contributed by atoms with E-state index in [2.05, 4.69) is 24.0 Å². The molecule has 0 N–H and O–H groups in total. The highest BCUT2D eigenvalue weighted by molar-refractivity contribution is 5.60. The SMILES string of the molecule is C=C=C(CCCC)C(OC(=O)OC)c1ccccc1. The standard InChI is InChI=1S/C16H20O3/c1-4-6-10-13(5-2)15(19-16(17)18-3)14-11-8-7-9-12-14/h7-9,11-12,15H,2,4,6,10H2,1,3H3. The van der Waals surface area contributed by atoms with Crippen LogP contribution < -0.4 is 0 Å². The second-order valence-electron chi connectivity index (χ2n) is 4.17. The van der Waals surface area contributed by atoms with Crippen molar-refractivity contribution in [3.8, 4) is 0 Å². The second kappa shape index (κ2) is 8.17. The van der Waals surface area contributed by atoms with Gasteiger partial charge in [0.25, 0.3) is 0 Å². The quantitative estimate of drug-likeness (QED) is 0.561. The number of unbranched alkanes of at least 4 members (excludes halogenated alkanes) is 1. The van der Waals surface area contributed by atoms with Crippen LogP contribution in [0.15, 0.2) is 48.2 Å². The first-order valence-corrected chi connectivity index (χ1v) is 6.41. The summed E-state index contributed by atoms with van der Waals surface area (Å²) in [6.07, 6.45) is 1.70. The molecule has 0 aromatic heterocycles. The maximum Gasteiger partial charge on any atom is 0.508 e. The maximum absolute atomic E-state index is 11.4. The Balaban J connectivity index is 2.97. The van der Waals surface area contributed by atoms with Crippen LogP contribution in [0.2, 0.25) is 0 Å². The summed E-state index contributed by atoms with van der Waals surface area (Å²) in [5.74, 6) is 0. The third-order valence-corrected chi connectivity index (χ3v) is 2.83. The van der Waals surface area contributed by atoms with Gasteiger partial charge in [0, 0.05) is 5.57 Å². The lowest BCUT2D eigenvalue weighted by Crippen LogP contribution is -2.13. The van der Waals surface area contributed by atoms with Gasteiger partial charge in [0.2, 0.25) is 0 Å². The Hall–Kier alpha value is -1.99. The van der Waals surface area contributed by atoms with Gasteiger partial charge in [-0.25, -0.2) is 4.79 Å². The molecule has 0 aliphatic rings. The van der Waals surface area contributed by atoms with E-state index in [1.165, 1.54) is 7.11 Å². The van der Waals surface area contributed by atoms with Crippen LogP contribution in [0.25, 0.3) is 0 Å². The van der Waals surface area contributed by atoms with Crippen LogP contribution in [0.3, 0.4) is 0 Å². The van der Waals surface area contributed by atoms with E-state index in [9.17, 15) is 4.79 Å². The maximum atomic E-state index is 11.4. The number of benzene rings is 1. The Morgan fingerprint density at radius 2 is 2.05 bits per heavy atom. The molecule has 3 heteroatoms. The highest BCUT2D eigenvalue weighted by Gasteiger charge is 2.21. The second-order valence-corrected chi connectivity index (χ2v) is 4.17. The molecule has 0 fully saturated rings. The van der Waals surface area contributed by atoms with E-state index in [1.807, 2.05) is 30.3 Å². The first-order chi connectivity index (χ1) is 9.22. The number of hydrogen-bond donors (Lipinski definition) is 0. The molecule has 102 valence electrons. The van der Waals surface area contributed by atoms with Gasteiger partial charge in [0.05, 0.1) is 7.11 Å². The van der Waals surface area contributed by atoms with Crippen molar-refractivity contribution in [2.24, 2.45) is 0 Å². The molecular weight excluding hydrogens is 240 g/mol. The Morgan fingerprint density at radius 1 is 1.37 bits per heavy atom. The lowest BCUT2D eigenvalue weighted by atomic mass is 9.98. The summed E-state index contributed by atoms with van der Waals surface area (Å²) in [5.41, 5.74) is 4.67. The van der Waals surface area contributed by atoms with E-state index in [0.717, 1.165) is 30.4 Å². The molecule has 0 saturated carbocycles. The van der Waals surface area contributed by atoms with Crippen molar-refractivity contribution in [2.75, 3.05) is 7.11 Å². The highest BCUT2D eigenvalue weighted by atomic mass is 16.7. The first kappa shape index (κ1) is 15.1. The minimum absolute atomic E-state index is 0.474. The molecule has 3 nitrogen and oxygen atoms in total. The first-order valence-electron chi connectivity index (χ1n) is 6.41. The van der Waals surface area contributed by atoms with Crippen molar-refractivity contribution >= 4 is 6.16 Å². The van der Waals surface area contributed by atoms with Gasteiger partial charge in [-0.2, -0.15) is 0 Å². The average Bonchev–Trinajstić information content (AvgIpc) is 2.47. The van der Waals surface area contributed by atoms with Crippen LogP contribution in [0.1, 0.15) is 37.9 Å². The summed E-state index contributed by atoms with van der Waals surface area (Å²) in [6, 6.07) is 9.56. The van der Waals surface area contributed by atoms with Crippen molar-refractivity contribution in [3.63, 3.8) is 0 Å². The van der Waals surface area contributed by atoms with Crippen LogP contribution in [0.5, 0.6) is 0 Å². The molecular formula is C16H20O3. The monoisotopic (exact) mass is 260 g/mol. The molecule has 1 rings (SSSR count). The lowest BCUT2D eigenvalue weighted by molar-refractivity contribution is 0.0475. The minimum atomic E-state index is -0.696. The average molecular weight is 260 g/mol. The van der Waals surface area contributed by atoms with Gasteiger partial charge in [-0.1, -0.05) is 50.3 Å². The molecule has 0 radical (unpaired) electrons. The fraction of sp³-hybridized carbons (Fsp3) is 0.375. The summed E-state index contributed by atoms with van der Waals surface area (Å²) in [4.78, 5) is 11.4. The van der Waals surface area contributed by atoms with Gasteiger partial charge in [0.1, 0.15) is 0 Å². The van der Waals surface area contributed by atoms with Gasteiger partial charge in [-0.3, -0.25) is 0 Å². The van der Waals surface area contributed by atoms with E-state index in [0.29, 0.717) is 0 Å². The summed E-state index contributed by atoms with van der Waals surface area (Å²) >= 11 is 0. The van der Waals surface area contributed by atoms with Gasteiger partial charge in [-0.15, -0.1) is 5.73 Å². The number of ether oxygens (including phenoxy) is 2. The van der Waals surface area contributed by atoms with E-state index in [4.69, 9.17) is 4.74 Å². The van der Waals surface area contributed by atoms with E-state index in [-0.39, 0.29) is 0 Å². The topological polar surface area (TPSA) is 35.5 Å². The lowest BCUT2D eigenvalue weighted by Gasteiger charge is -2.19. The summed E-state index contributed by atoms with van der Waals surface area (Å²) in [7, 11) is 1.30. The highest BCUT2D eigenvalue weighted by Crippen LogP contribution is 2.29. The largest absolute Gasteiger partial charge is 0.508 e. The van der Waals surface area contributed by atoms with Crippen LogP contribution in [0.4, 0.5) is 4.79 Å². The zero-order chi connectivity index (χ0) is 14.1. The summed E-state index contributed by atoms with van der Waals surface area (Å²) < 4.78 is 9.91. The Bertz CT molecular complexity index is 444. The normalized spacial score (nSPS) is 11.3. The van der Waals surface area contributed by atoms with Crippen molar-refractivity contribution in [2.45, 2.75) is 32.3 Å².